The minimum atomic E-state index is 0.673. The Labute approximate surface area is 128 Å². The van der Waals surface area contributed by atoms with Crippen molar-refractivity contribution in [3.63, 3.8) is 0 Å². The Hall–Kier alpha value is -1.45. The number of benzene rings is 1. The molecule has 0 spiro atoms. The Kier molecular flexibility index (Phi) is 3.99. The highest BCUT2D eigenvalue weighted by Crippen LogP contribution is 2.22. The number of hydrogen-bond donors (Lipinski definition) is 0. The van der Waals surface area contributed by atoms with Crippen LogP contribution < -0.4 is 9.80 Å². The maximum atomic E-state index is 6.04. The molecule has 1 fully saturated rings. The molecule has 1 aromatic carbocycles. The van der Waals surface area contributed by atoms with Gasteiger partial charge in [-0.15, -0.1) is 0 Å². The third-order valence-electron chi connectivity index (χ3n) is 3.49. The molecular weight excluding hydrogens is 293 g/mol. The van der Waals surface area contributed by atoms with E-state index in [4.69, 9.17) is 23.2 Å². The van der Waals surface area contributed by atoms with Gasteiger partial charge in [-0.05, 0) is 30.3 Å². The molecule has 0 bridgehead atoms. The molecule has 0 amide bonds. The van der Waals surface area contributed by atoms with Gasteiger partial charge < -0.3 is 9.80 Å². The van der Waals surface area contributed by atoms with Gasteiger partial charge in [-0.1, -0.05) is 29.3 Å². The Morgan fingerprint density at radius 3 is 2.25 bits per heavy atom. The van der Waals surface area contributed by atoms with Crippen molar-refractivity contribution in [3.05, 3.63) is 52.6 Å². The van der Waals surface area contributed by atoms with E-state index in [2.05, 4.69) is 20.9 Å². The number of aromatic nitrogens is 1. The first-order valence-electron chi connectivity index (χ1n) is 6.59. The molecule has 0 radical (unpaired) electrons. The SMILES string of the molecule is Clc1ccc(N2CCN(c3cccc(Cl)c3)CC2)nc1. The quantitative estimate of drug-likeness (QED) is 0.843. The van der Waals surface area contributed by atoms with Crippen LogP contribution in [0, 0.1) is 0 Å². The smallest absolute Gasteiger partial charge is 0.128 e. The van der Waals surface area contributed by atoms with E-state index in [9.17, 15) is 0 Å². The van der Waals surface area contributed by atoms with Gasteiger partial charge in [0.1, 0.15) is 5.82 Å². The van der Waals surface area contributed by atoms with E-state index in [1.165, 1.54) is 5.69 Å². The van der Waals surface area contributed by atoms with Crippen molar-refractivity contribution >= 4 is 34.7 Å². The van der Waals surface area contributed by atoms with Crippen LogP contribution in [0.5, 0.6) is 0 Å². The number of halogens is 2. The minimum absolute atomic E-state index is 0.673. The molecule has 0 unspecified atom stereocenters. The van der Waals surface area contributed by atoms with E-state index in [0.29, 0.717) is 5.02 Å². The second-order valence-electron chi connectivity index (χ2n) is 4.79. The monoisotopic (exact) mass is 307 g/mol. The maximum absolute atomic E-state index is 6.04. The summed E-state index contributed by atoms with van der Waals surface area (Å²) in [5, 5.41) is 1.45. The van der Waals surface area contributed by atoms with Crippen LogP contribution in [0.1, 0.15) is 0 Å². The van der Waals surface area contributed by atoms with Crippen LogP contribution in [-0.4, -0.2) is 31.2 Å². The Morgan fingerprint density at radius 1 is 0.850 bits per heavy atom. The van der Waals surface area contributed by atoms with Crippen LogP contribution in [-0.2, 0) is 0 Å². The Morgan fingerprint density at radius 2 is 1.60 bits per heavy atom. The summed E-state index contributed by atoms with van der Waals surface area (Å²) in [5.74, 6) is 0.986. The van der Waals surface area contributed by atoms with Crippen molar-refractivity contribution in [1.29, 1.82) is 0 Å². The average molecular weight is 308 g/mol. The first-order valence-corrected chi connectivity index (χ1v) is 7.35. The molecule has 2 aromatic rings. The molecule has 0 atom stereocenters. The summed E-state index contributed by atoms with van der Waals surface area (Å²) in [5.41, 5.74) is 1.18. The molecule has 1 aromatic heterocycles. The first kappa shape index (κ1) is 13.5. The lowest BCUT2D eigenvalue weighted by atomic mass is 10.2. The normalized spacial score (nSPS) is 15.5. The predicted octanol–water partition coefficient (Wildman–Crippen LogP) is 3.72. The molecule has 3 rings (SSSR count). The molecule has 104 valence electrons. The lowest BCUT2D eigenvalue weighted by molar-refractivity contribution is 0.647. The molecule has 20 heavy (non-hydrogen) atoms. The fourth-order valence-electron chi connectivity index (χ4n) is 2.42. The van der Waals surface area contributed by atoms with Gasteiger partial charge in [0.25, 0.3) is 0 Å². The van der Waals surface area contributed by atoms with Crippen molar-refractivity contribution in [2.75, 3.05) is 36.0 Å². The minimum Gasteiger partial charge on any atom is -0.368 e. The first-order chi connectivity index (χ1) is 9.72. The number of hydrogen-bond acceptors (Lipinski definition) is 3. The zero-order valence-electron chi connectivity index (χ0n) is 11.0. The topological polar surface area (TPSA) is 19.4 Å². The highest BCUT2D eigenvalue weighted by Gasteiger charge is 2.18. The summed E-state index contributed by atoms with van der Waals surface area (Å²) in [6.07, 6.45) is 1.69. The molecule has 0 saturated carbocycles. The van der Waals surface area contributed by atoms with E-state index in [-0.39, 0.29) is 0 Å². The lowest BCUT2D eigenvalue weighted by Crippen LogP contribution is -2.46. The van der Waals surface area contributed by atoms with E-state index in [0.717, 1.165) is 37.0 Å². The van der Waals surface area contributed by atoms with Crippen LogP contribution in [0.2, 0.25) is 10.0 Å². The zero-order valence-corrected chi connectivity index (χ0v) is 12.5. The Bertz CT molecular complexity index is 578. The second-order valence-corrected chi connectivity index (χ2v) is 5.66. The van der Waals surface area contributed by atoms with Crippen molar-refractivity contribution < 1.29 is 0 Å². The molecule has 2 heterocycles. The summed E-state index contributed by atoms with van der Waals surface area (Å²) in [4.78, 5) is 8.99. The van der Waals surface area contributed by atoms with E-state index >= 15 is 0 Å². The van der Waals surface area contributed by atoms with Crippen molar-refractivity contribution in [2.45, 2.75) is 0 Å². The van der Waals surface area contributed by atoms with Gasteiger partial charge in [-0.3, -0.25) is 0 Å². The average Bonchev–Trinajstić information content (AvgIpc) is 2.48. The van der Waals surface area contributed by atoms with Gasteiger partial charge >= 0.3 is 0 Å². The van der Waals surface area contributed by atoms with Crippen LogP contribution in [0.25, 0.3) is 0 Å². The molecule has 0 N–H and O–H groups in total. The summed E-state index contributed by atoms with van der Waals surface area (Å²) in [7, 11) is 0. The fourth-order valence-corrected chi connectivity index (χ4v) is 2.72. The highest BCUT2D eigenvalue weighted by molar-refractivity contribution is 6.31. The van der Waals surface area contributed by atoms with Gasteiger partial charge in [0, 0.05) is 43.1 Å². The lowest BCUT2D eigenvalue weighted by Gasteiger charge is -2.36. The third-order valence-corrected chi connectivity index (χ3v) is 3.95. The predicted molar refractivity (Wildman–Crippen MR) is 85.1 cm³/mol. The highest BCUT2D eigenvalue weighted by atomic mass is 35.5. The molecule has 0 aliphatic carbocycles. The number of piperazine rings is 1. The maximum Gasteiger partial charge on any atom is 0.128 e. The molecule has 1 aliphatic rings. The molecule has 1 saturated heterocycles. The van der Waals surface area contributed by atoms with Crippen LogP contribution in [0.3, 0.4) is 0 Å². The summed E-state index contributed by atoms with van der Waals surface area (Å²) in [6, 6.07) is 11.9. The Balaban J connectivity index is 1.66. The van der Waals surface area contributed by atoms with Gasteiger partial charge in [0.05, 0.1) is 5.02 Å². The zero-order chi connectivity index (χ0) is 13.9. The number of nitrogens with zero attached hydrogens (tertiary/aromatic N) is 3. The molecule has 1 aliphatic heterocycles. The number of rotatable bonds is 2. The number of anilines is 2. The summed E-state index contributed by atoms with van der Waals surface area (Å²) < 4.78 is 0. The van der Waals surface area contributed by atoms with Crippen LogP contribution >= 0.6 is 23.2 Å². The van der Waals surface area contributed by atoms with Gasteiger partial charge in [0.2, 0.25) is 0 Å². The van der Waals surface area contributed by atoms with E-state index in [1.807, 2.05) is 30.3 Å². The van der Waals surface area contributed by atoms with Crippen LogP contribution in [0.15, 0.2) is 42.6 Å². The van der Waals surface area contributed by atoms with Gasteiger partial charge in [-0.25, -0.2) is 4.98 Å². The largest absolute Gasteiger partial charge is 0.368 e. The van der Waals surface area contributed by atoms with Gasteiger partial charge in [0.15, 0.2) is 0 Å². The van der Waals surface area contributed by atoms with Crippen molar-refractivity contribution in [2.24, 2.45) is 0 Å². The van der Waals surface area contributed by atoms with Crippen molar-refractivity contribution in [3.8, 4) is 0 Å². The molecule has 3 nitrogen and oxygen atoms in total. The van der Waals surface area contributed by atoms with E-state index in [1.54, 1.807) is 6.20 Å². The van der Waals surface area contributed by atoms with Crippen LogP contribution in [0.4, 0.5) is 11.5 Å². The van der Waals surface area contributed by atoms with Crippen molar-refractivity contribution in [1.82, 2.24) is 4.98 Å². The third kappa shape index (κ3) is 3.00. The summed E-state index contributed by atoms with van der Waals surface area (Å²) >= 11 is 11.9. The van der Waals surface area contributed by atoms with E-state index < -0.39 is 0 Å². The number of pyridine rings is 1. The molecule has 5 heteroatoms. The second kappa shape index (κ2) is 5.90. The summed E-state index contributed by atoms with van der Waals surface area (Å²) in [6.45, 7) is 3.82. The fraction of sp³-hybridized carbons (Fsp3) is 0.267. The standard InChI is InChI=1S/C15H15Cl2N3/c16-12-2-1-3-14(10-12)19-6-8-20(9-7-19)15-5-4-13(17)11-18-15/h1-5,10-11H,6-9H2. The van der Waals surface area contributed by atoms with Gasteiger partial charge in [-0.2, -0.15) is 0 Å². The molecular formula is C15H15Cl2N3.